The van der Waals surface area contributed by atoms with Crippen LogP contribution in [0.15, 0.2) is 18.2 Å². The summed E-state index contributed by atoms with van der Waals surface area (Å²) in [4.78, 5) is 0. The molecule has 0 radical (unpaired) electrons. The molecule has 0 amide bonds. The Kier molecular flexibility index (Phi) is 4.65. The molecule has 1 saturated heterocycles. The van der Waals surface area contributed by atoms with Gasteiger partial charge in [0.1, 0.15) is 0 Å². The van der Waals surface area contributed by atoms with Gasteiger partial charge in [0, 0.05) is 29.3 Å². The van der Waals surface area contributed by atoms with Gasteiger partial charge in [0.2, 0.25) is 0 Å². The molecule has 0 saturated carbocycles. The van der Waals surface area contributed by atoms with E-state index in [1.54, 1.807) is 12.1 Å². The zero-order chi connectivity index (χ0) is 12.3. The number of nitrogens with one attached hydrogen (secondary N) is 1. The normalized spacial score (nSPS) is 21.7. The quantitative estimate of drug-likeness (QED) is 0.656. The highest BCUT2D eigenvalue weighted by Crippen LogP contribution is 2.31. The van der Waals surface area contributed by atoms with E-state index in [4.69, 9.17) is 33.8 Å². The first-order chi connectivity index (χ1) is 8.20. The molecule has 1 aliphatic heterocycles. The number of halogens is 2. The molecule has 1 aliphatic rings. The number of benzene rings is 1. The van der Waals surface area contributed by atoms with Gasteiger partial charge in [0.25, 0.3) is 0 Å². The second kappa shape index (κ2) is 6.03. The minimum atomic E-state index is 0.0212. The summed E-state index contributed by atoms with van der Waals surface area (Å²) in [5, 5.41) is 1.36. The SMILES string of the molecule is NNC(CC1CCOC1)c1cc(Cl)ccc1Cl. The van der Waals surface area contributed by atoms with Crippen molar-refractivity contribution < 1.29 is 4.74 Å². The van der Waals surface area contributed by atoms with Crippen LogP contribution in [0.4, 0.5) is 0 Å². The highest BCUT2D eigenvalue weighted by Gasteiger charge is 2.22. The number of nitrogens with two attached hydrogens (primary N) is 1. The van der Waals surface area contributed by atoms with E-state index in [0.29, 0.717) is 16.0 Å². The Morgan fingerprint density at radius 3 is 2.94 bits per heavy atom. The van der Waals surface area contributed by atoms with E-state index in [9.17, 15) is 0 Å². The van der Waals surface area contributed by atoms with E-state index in [-0.39, 0.29) is 6.04 Å². The molecule has 1 fully saturated rings. The van der Waals surface area contributed by atoms with Crippen molar-refractivity contribution in [3.05, 3.63) is 33.8 Å². The molecular weight excluding hydrogens is 259 g/mol. The van der Waals surface area contributed by atoms with Crippen LogP contribution in [-0.4, -0.2) is 13.2 Å². The van der Waals surface area contributed by atoms with Crippen LogP contribution in [0, 0.1) is 5.92 Å². The summed E-state index contributed by atoms with van der Waals surface area (Å²) in [5.41, 5.74) is 3.77. The first kappa shape index (κ1) is 13.1. The lowest BCUT2D eigenvalue weighted by Crippen LogP contribution is -2.30. The lowest BCUT2D eigenvalue weighted by molar-refractivity contribution is 0.181. The van der Waals surface area contributed by atoms with E-state index >= 15 is 0 Å². The van der Waals surface area contributed by atoms with Gasteiger partial charge in [-0.2, -0.15) is 0 Å². The lowest BCUT2D eigenvalue weighted by atomic mass is 9.94. The molecule has 17 heavy (non-hydrogen) atoms. The maximum Gasteiger partial charge on any atom is 0.0495 e. The maximum atomic E-state index is 6.17. The monoisotopic (exact) mass is 274 g/mol. The van der Waals surface area contributed by atoms with Crippen molar-refractivity contribution in [2.45, 2.75) is 18.9 Å². The molecule has 3 N–H and O–H groups in total. The predicted molar refractivity (Wildman–Crippen MR) is 70.1 cm³/mol. The standard InChI is InChI=1S/C12H16Cl2N2O/c13-9-1-2-11(14)10(6-9)12(16-15)5-8-3-4-17-7-8/h1-2,6,8,12,16H,3-5,7,15H2. The van der Waals surface area contributed by atoms with E-state index < -0.39 is 0 Å². The first-order valence-electron chi connectivity index (χ1n) is 5.69. The summed E-state index contributed by atoms with van der Waals surface area (Å²) < 4.78 is 5.36. The van der Waals surface area contributed by atoms with Gasteiger partial charge in [-0.3, -0.25) is 11.3 Å². The zero-order valence-electron chi connectivity index (χ0n) is 9.46. The summed E-state index contributed by atoms with van der Waals surface area (Å²) in [6.45, 7) is 1.64. The van der Waals surface area contributed by atoms with Gasteiger partial charge in [-0.25, -0.2) is 0 Å². The van der Waals surface area contributed by atoms with Crippen molar-refractivity contribution in [2.75, 3.05) is 13.2 Å². The van der Waals surface area contributed by atoms with Crippen LogP contribution >= 0.6 is 23.2 Å². The van der Waals surface area contributed by atoms with Gasteiger partial charge in [-0.05, 0) is 42.5 Å². The summed E-state index contributed by atoms with van der Waals surface area (Å²) in [5.74, 6) is 6.14. The molecular formula is C12H16Cl2N2O. The molecule has 0 spiro atoms. The number of hydrogen-bond donors (Lipinski definition) is 2. The van der Waals surface area contributed by atoms with E-state index in [1.807, 2.05) is 6.07 Å². The third kappa shape index (κ3) is 3.33. The minimum Gasteiger partial charge on any atom is -0.381 e. The van der Waals surface area contributed by atoms with Gasteiger partial charge >= 0.3 is 0 Å². The second-order valence-electron chi connectivity index (χ2n) is 4.35. The second-order valence-corrected chi connectivity index (χ2v) is 5.19. The maximum absolute atomic E-state index is 6.17. The average molecular weight is 275 g/mol. The average Bonchev–Trinajstić information content (AvgIpc) is 2.82. The Labute approximate surface area is 111 Å². The lowest BCUT2D eigenvalue weighted by Gasteiger charge is -2.20. The predicted octanol–water partition coefficient (Wildman–Crippen LogP) is 2.92. The molecule has 1 heterocycles. The number of rotatable bonds is 4. The number of hydrazine groups is 1. The third-order valence-electron chi connectivity index (χ3n) is 3.13. The first-order valence-corrected chi connectivity index (χ1v) is 6.45. The molecule has 2 unspecified atom stereocenters. The van der Waals surface area contributed by atoms with E-state index in [0.717, 1.165) is 31.6 Å². The highest BCUT2D eigenvalue weighted by atomic mass is 35.5. The van der Waals surface area contributed by atoms with Gasteiger partial charge in [-0.15, -0.1) is 0 Å². The van der Waals surface area contributed by atoms with Crippen molar-refractivity contribution in [3.63, 3.8) is 0 Å². The summed E-state index contributed by atoms with van der Waals surface area (Å²) in [6.07, 6.45) is 1.99. The van der Waals surface area contributed by atoms with Gasteiger partial charge in [0.15, 0.2) is 0 Å². The fraction of sp³-hybridized carbons (Fsp3) is 0.500. The van der Waals surface area contributed by atoms with Crippen LogP contribution in [0.3, 0.4) is 0 Å². The molecule has 3 nitrogen and oxygen atoms in total. The van der Waals surface area contributed by atoms with Crippen molar-refractivity contribution in [1.82, 2.24) is 5.43 Å². The van der Waals surface area contributed by atoms with Crippen molar-refractivity contribution in [2.24, 2.45) is 11.8 Å². The fourth-order valence-corrected chi connectivity index (χ4v) is 2.60. The Bertz CT molecular complexity index is 381. The smallest absolute Gasteiger partial charge is 0.0495 e. The molecule has 0 aromatic heterocycles. The van der Waals surface area contributed by atoms with E-state index in [1.165, 1.54) is 0 Å². The summed E-state index contributed by atoms with van der Waals surface area (Å²) in [7, 11) is 0. The van der Waals surface area contributed by atoms with Crippen LogP contribution in [0.5, 0.6) is 0 Å². The van der Waals surface area contributed by atoms with Gasteiger partial charge in [0.05, 0.1) is 0 Å². The van der Waals surface area contributed by atoms with Crippen molar-refractivity contribution >= 4 is 23.2 Å². The highest BCUT2D eigenvalue weighted by molar-refractivity contribution is 6.33. The van der Waals surface area contributed by atoms with Crippen molar-refractivity contribution in [3.8, 4) is 0 Å². The number of hydrogen-bond acceptors (Lipinski definition) is 3. The molecule has 94 valence electrons. The Morgan fingerprint density at radius 1 is 1.47 bits per heavy atom. The molecule has 2 atom stereocenters. The molecule has 0 aliphatic carbocycles. The van der Waals surface area contributed by atoms with Crippen LogP contribution in [0.25, 0.3) is 0 Å². The third-order valence-corrected chi connectivity index (χ3v) is 3.71. The summed E-state index contributed by atoms with van der Waals surface area (Å²) in [6, 6.07) is 5.46. The molecule has 1 aromatic rings. The number of ether oxygens (including phenoxy) is 1. The van der Waals surface area contributed by atoms with E-state index in [2.05, 4.69) is 5.43 Å². The fourth-order valence-electron chi connectivity index (χ4n) is 2.17. The molecule has 2 rings (SSSR count). The Hall–Kier alpha value is -0.320. The Morgan fingerprint density at radius 2 is 2.29 bits per heavy atom. The van der Waals surface area contributed by atoms with Crippen LogP contribution in [0.2, 0.25) is 10.0 Å². The largest absolute Gasteiger partial charge is 0.381 e. The molecule has 0 bridgehead atoms. The Balaban J connectivity index is 2.13. The van der Waals surface area contributed by atoms with Crippen LogP contribution < -0.4 is 11.3 Å². The molecule has 5 heteroatoms. The topological polar surface area (TPSA) is 47.3 Å². The van der Waals surface area contributed by atoms with Gasteiger partial charge in [-0.1, -0.05) is 23.2 Å². The van der Waals surface area contributed by atoms with Crippen LogP contribution in [-0.2, 0) is 4.74 Å². The summed E-state index contributed by atoms with van der Waals surface area (Å²) >= 11 is 12.2. The zero-order valence-corrected chi connectivity index (χ0v) is 11.0. The van der Waals surface area contributed by atoms with Gasteiger partial charge < -0.3 is 4.74 Å². The minimum absolute atomic E-state index is 0.0212. The molecule has 1 aromatic carbocycles. The van der Waals surface area contributed by atoms with Crippen LogP contribution in [0.1, 0.15) is 24.4 Å². The van der Waals surface area contributed by atoms with Crippen molar-refractivity contribution in [1.29, 1.82) is 0 Å².